The maximum Gasteiger partial charge on any atom is 0.0737 e. The second kappa shape index (κ2) is 7.49. The summed E-state index contributed by atoms with van der Waals surface area (Å²) in [6.45, 7) is 4.33. The molecule has 1 aliphatic carbocycles. The third-order valence-electron chi connectivity index (χ3n) is 5.53. The molecule has 0 bridgehead atoms. The molecule has 1 aliphatic rings. The molecule has 0 atom stereocenters. The van der Waals surface area contributed by atoms with Gasteiger partial charge in [-0.1, -0.05) is 17.7 Å². The number of hydrogen-bond donors (Lipinski definition) is 1. The molecule has 4 heteroatoms. The van der Waals surface area contributed by atoms with Crippen LogP contribution >= 0.6 is 11.6 Å². The van der Waals surface area contributed by atoms with Crippen LogP contribution in [0.15, 0.2) is 48.7 Å². The van der Waals surface area contributed by atoms with Crippen LogP contribution in [-0.4, -0.2) is 17.1 Å². The molecule has 3 nitrogen and oxygen atoms in total. The fourth-order valence-corrected chi connectivity index (χ4v) is 4.48. The standard InChI is InChI=1S/C23H26ClN3/c1-15-11-16(2)13-20(12-15)27(19-6-4-18(25)5-7-19)23-9-10-26-22-14-17(24)3-8-21(22)23/h3,8-14,18-19H,4-7,25H2,1-2H3. The van der Waals surface area contributed by atoms with Crippen molar-refractivity contribution in [1.29, 1.82) is 0 Å². The molecule has 0 radical (unpaired) electrons. The zero-order chi connectivity index (χ0) is 19.0. The molecular formula is C23H26ClN3. The maximum atomic E-state index is 6.21. The number of hydrogen-bond acceptors (Lipinski definition) is 3. The Labute approximate surface area is 166 Å². The lowest BCUT2D eigenvalue weighted by Gasteiger charge is -2.38. The van der Waals surface area contributed by atoms with Crippen LogP contribution in [0, 0.1) is 13.8 Å². The average molecular weight is 380 g/mol. The number of anilines is 2. The number of aryl methyl sites for hydroxylation is 2. The van der Waals surface area contributed by atoms with Gasteiger partial charge in [-0.2, -0.15) is 0 Å². The Balaban J connectivity index is 1.88. The van der Waals surface area contributed by atoms with Crippen LogP contribution in [0.2, 0.25) is 5.02 Å². The number of fused-ring (bicyclic) bond motifs is 1. The number of benzene rings is 2. The van der Waals surface area contributed by atoms with Gasteiger partial charge in [0.2, 0.25) is 0 Å². The molecule has 0 saturated heterocycles. The summed E-state index contributed by atoms with van der Waals surface area (Å²) in [4.78, 5) is 7.04. The highest BCUT2D eigenvalue weighted by molar-refractivity contribution is 6.31. The van der Waals surface area contributed by atoms with E-state index in [-0.39, 0.29) is 0 Å². The summed E-state index contributed by atoms with van der Waals surface area (Å²) in [6, 6.07) is 15.7. The lowest BCUT2D eigenvalue weighted by molar-refractivity contribution is 0.391. The number of nitrogens with zero attached hydrogens (tertiary/aromatic N) is 2. The van der Waals surface area contributed by atoms with Crippen LogP contribution in [0.1, 0.15) is 36.8 Å². The van der Waals surface area contributed by atoms with Crippen molar-refractivity contribution in [2.24, 2.45) is 5.73 Å². The van der Waals surface area contributed by atoms with Crippen molar-refractivity contribution in [3.8, 4) is 0 Å². The third-order valence-corrected chi connectivity index (χ3v) is 5.77. The number of halogens is 1. The van der Waals surface area contributed by atoms with E-state index in [4.69, 9.17) is 17.3 Å². The molecule has 2 aromatic carbocycles. The topological polar surface area (TPSA) is 42.2 Å². The van der Waals surface area contributed by atoms with E-state index in [1.807, 2.05) is 18.3 Å². The summed E-state index contributed by atoms with van der Waals surface area (Å²) < 4.78 is 0. The zero-order valence-corrected chi connectivity index (χ0v) is 16.7. The molecule has 1 heterocycles. The van der Waals surface area contributed by atoms with Crippen LogP contribution in [0.5, 0.6) is 0 Å². The van der Waals surface area contributed by atoms with E-state index < -0.39 is 0 Å². The molecule has 1 aromatic heterocycles. The third kappa shape index (κ3) is 3.80. The minimum atomic E-state index is 0.329. The SMILES string of the molecule is Cc1cc(C)cc(N(c2ccnc3cc(Cl)ccc23)C2CCC(N)CC2)c1. The molecule has 0 unspecified atom stereocenters. The Morgan fingerprint density at radius 3 is 2.37 bits per heavy atom. The minimum Gasteiger partial charge on any atom is -0.338 e. The van der Waals surface area contributed by atoms with Gasteiger partial charge in [0.15, 0.2) is 0 Å². The predicted molar refractivity (Wildman–Crippen MR) is 115 cm³/mol. The molecule has 4 rings (SSSR count). The molecule has 3 aromatic rings. The Morgan fingerprint density at radius 1 is 0.963 bits per heavy atom. The van der Waals surface area contributed by atoms with Gasteiger partial charge in [0.25, 0.3) is 0 Å². The Hall–Kier alpha value is -2.10. The largest absolute Gasteiger partial charge is 0.338 e. The van der Waals surface area contributed by atoms with E-state index in [0.717, 1.165) is 36.6 Å². The number of pyridine rings is 1. The number of rotatable bonds is 3. The van der Waals surface area contributed by atoms with Gasteiger partial charge in [-0.05, 0) is 87.1 Å². The molecule has 0 aliphatic heterocycles. The van der Waals surface area contributed by atoms with Gasteiger partial charge >= 0.3 is 0 Å². The highest BCUT2D eigenvalue weighted by Gasteiger charge is 2.27. The monoisotopic (exact) mass is 379 g/mol. The summed E-state index contributed by atoms with van der Waals surface area (Å²) in [5.74, 6) is 0. The van der Waals surface area contributed by atoms with Crippen molar-refractivity contribution in [1.82, 2.24) is 4.98 Å². The first-order valence-electron chi connectivity index (χ1n) is 9.68. The normalized spacial score (nSPS) is 20.0. The van der Waals surface area contributed by atoms with E-state index in [0.29, 0.717) is 17.1 Å². The summed E-state index contributed by atoms with van der Waals surface area (Å²) in [6.07, 6.45) is 6.23. The molecule has 140 valence electrons. The molecular weight excluding hydrogens is 354 g/mol. The van der Waals surface area contributed by atoms with Crippen LogP contribution in [0.3, 0.4) is 0 Å². The second-order valence-electron chi connectivity index (χ2n) is 7.78. The summed E-state index contributed by atoms with van der Waals surface area (Å²) in [5, 5.41) is 1.85. The Bertz CT molecular complexity index is 941. The Morgan fingerprint density at radius 2 is 1.67 bits per heavy atom. The van der Waals surface area contributed by atoms with E-state index in [1.165, 1.54) is 22.5 Å². The number of aromatic nitrogens is 1. The van der Waals surface area contributed by atoms with Gasteiger partial charge in [-0.25, -0.2) is 0 Å². The second-order valence-corrected chi connectivity index (χ2v) is 8.21. The number of nitrogens with two attached hydrogens (primary N) is 1. The van der Waals surface area contributed by atoms with Crippen molar-refractivity contribution in [2.75, 3.05) is 4.90 Å². The summed E-state index contributed by atoms with van der Waals surface area (Å²) in [5.41, 5.74) is 12.1. The first-order valence-corrected chi connectivity index (χ1v) is 10.1. The van der Waals surface area contributed by atoms with Crippen LogP contribution in [0.4, 0.5) is 11.4 Å². The zero-order valence-electron chi connectivity index (χ0n) is 16.0. The lowest BCUT2D eigenvalue weighted by atomic mass is 9.89. The van der Waals surface area contributed by atoms with E-state index >= 15 is 0 Å². The first kappa shape index (κ1) is 18.3. The highest BCUT2D eigenvalue weighted by atomic mass is 35.5. The van der Waals surface area contributed by atoms with Gasteiger partial charge in [0, 0.05) is 34.4 Å². The van der Waals surface area contributed by atoms with Crippen molar-refractivity contribution in [2.45, 2.75) is 51.6 Å². The van der Waals surface area contributed by atoms with Gasteiger partial charge < -0.3 is 10.6 Å². The Kier molecular flexibility index (Phi) is 5.07. The van der Waals surface area contributed by atoms with Gasteiger partial charge in [-0.15, -0.1) is 0 Å². The fraction of sp³-hybridized carbons (Fsp3) is 0.348. The summed E-state index contributed by atoms with van der Waals surface area (Å²) >= 11 is 6.21. The van der Waals surface area contributed by atoms with Crippen LogP contribution < -0.4 is 10.6 Å². The molecule has 2 N–H and O–H groups in total. The minimum absolute atomic E-state index is 0.329. The average Bonchev–Trinajstić information content (AvgIpc) is 2.62. The molecule has 0 spiro atoms. The van der Waals surface area contributed by atoms with Crippen LogP contribution in [0.25, 0.3) is 10.9 Å². The van der Waals surface area contributed by atoms with Crippen LogP contribution in [-0.2, 0) is 0 Å². The van der Waals surface area contributed by atoms with Crippen molar-refractivity contribution in [3.63, 3.8) is 0 Å². The van der Waals surface area contributed by atoms with Gasteiger partial charge in [0.05, 0.1) is 11.2 Å². The van der Waals surface area contributed by atoms with Crippen molar-refractivity contribution < 1.29 is 0 Å². The molecule has 27 heavy (non-hydrogen) atoms. The van der Waals surface area contributed by atoms with E-state index in [9.17, 15) is 0 Å². The van der Waals surface area contributed by atoms with Gasteiger partial charge in [0.1, 0.15) is 0 Å². The quantitative estimate of drug-likeness (QED) is 0.614. The predicted octanol–water partition coefficient (Wildman–Crippen LogP) is 5.91. The smallest absolute Gasteiger partial charge is 0.0737 e. The highest BCUT2D eigenvalue weighted by Crippen LogP contribution is 2.38. The summed E-state index contributed by atoms with van der Waals surface area (Å²) in [7, 11) is 0. The van der Waals surface area contributed by atoms with Gasteiger partial charge in [-0.3, -0.25) is 4.98 Å². The lowest BCUT2D eigenvalue weighted by Crippen LogP contribution is -2.38. The fourth-order valence-electron chi connectivity index (χ4n) is 4.31. The van der Waals surface area contributed by atoms with Crippen molar-refractivity contribution >= 4 is 33.9 Å². The molecule has 1 fully saturated rings. The first-order chi connectivity index (χ1) is 13.0. The molecule has 1 saturated carbocycles. The van der Waals surface area contributed by atoms with E-state index in [1.54, 1.807) is 0 Å². The van der Waals surface area contributed by atoms with Crippen molar-refractivity contribution in [3.05, 3.63) is 64.8 Å². The molecule has 0 amide bonds. The maximum absolute atomic E-state index is 6.21. The van der Waals surface area contributed by atoms with E-state index in [2.05, 4.69) is 54.1 Å².